The molecule has 0 radical (unpaired) electrons. The van der Waals surface area contributed by atoms with E-state index in [0.717, 1.165) is 31.6 Å². The molecule has 0 fully saturated rings. The number of hydrogen-bond donors (Lipinski definition) is 1. The lowest BCUT2D eigenvalue weighted by molar-refractivity contribution is 0.00710. The van der Waals surface area contributed by atoms with E-state index in [2.05, 4.69) is 38.2 Å². The average Bonchev–Trinajstić information content (AvgIpc) is 2.45. The molecule has 0 aliphatic carbocycles. The molecule has 0 amide bonds. The molecule has 0 aliphatic heterocycles. The smallest absolute Gasteiger partial charge is 0.122 e. The Hall–Kier alpha value is -1.06. The summed E-state index contributed by atoms with van der Waals surface area (Å²) in [5.41, 5.74) is 1.13. The van der Waals surface area contributed by atoms with E-state index in [4.69, 9.17) is 9.47 Å². The van der Waals surface area contributed by atoms with Crippen molar-refractivity contribution in [1.29, 1.82) is 0 Å². The van der Waals surface area contributed by atoms with Crippen LogP contribution in [0.25, 0.3) is 0 Å². The Bertz CT molecular complexity index is 390. The van der Waals surface area contributed by atoms with Crippen molar-refractivity contribution in [2.75, 3.05) is 20.8 Å². The molecule has 114 valence electrons. The predicted molar refractivity (Wildman–Crippen MR) is 84.5 cm³/mol. The van der Waals surface area contributed by atoms with Gasteiger partial charge in [0, 0.05) is 13.2 Å². The SMILES string of the molecule is CCCNC(Cc1ccccc1OC)CC(C)(C)OC. The van der Waals surface area contributed by atoms with Crippen LogP contribution in [0, 0.1) is 0 Å². The van der Waals surface area contributed by atoms with E-state index >= 15 is 0 Å². The van der Waals surface area contributed by atoms with Crippen LogP contribution in [-0.4, -0.2) is 32.4 Å². The van der Waals surface area contributed by atoms with Gasteiger partial charge in [-0.05, 0) is 51.3 Å². The Morgan fingerprint density at radius 3 is 2.50 bits per heavy atom. The molecular weight excluding hydrogens is 250 g/mol. The van der Waals surface area contributed by atoms with Gasteiger partial charge in [0.2, 0.25) is 0 Å². The molecule has 1 N–H and O–H groups in total. The number of methoxy groups -OCH3 is 2. The second kappa shape index (κ2) is 8.28. The van der Waals surface area contributed by atoms with Gasteiger partial charge in [0.25, 0.3) is 0 Å². The highest BCUT2D eigenvalue weighted by Crippen LogP contribution is 2.23. The molecule has 0 heterocycles. The molecule has 1 unspecified atom stereocenters. The van der Waals surface area contributed by atoms with E-state index in [0.29, 0.717) is 6.04 Å². The maximum Gasteiger partial charge on any atom is 0.122 e. The molecule has 0 spiro atoms. The van der Waals surface area contributed by atoms with Crippen LogP contribution in [-0.2, 0) is 11.2 Å². The highest BCUT2D eigenvalue weighted by atomic mass is 16.5. The van der Waals surface area contributed by atoms with Gasteiger partial charge in [0.15, 0.2) is 0 Å². The summed E-state index contributed by atoms with van der Waals surface area (Å²) in [6, 6.07) is 8.63. The number of benzene rings is 1. The fourth-order valence-electron chi connectivity index (χ4n) is 2.38. The molecule has 3 heteroatoms. The van der Waals surface area contributed by atoms with Crippen LogP contribution >= 0.6 is 0 Å². The van der Waals surface area contributed by atoms with E-state index in [-0.39, 0.29) is 5.60 Å². The summed E-state index contributed by atoms with van der Waals surface area (Å²) in [5, 5.41) is 3.62. The van der Waals surface area contributed by atoms with E-state index in [1.807, 2.05) is 12.1 Å². The number of para-hydroxylation sites is 1. The van der Waals surface area contributed by atoms with Gasteiger partial charge in [-0.2, -0.15) is 0 Å². The Morgan fingerprint density at radius 1 is 1.20 bits per heavy atom. The highest BCUT2D eigenvalue weighted by molar-refractivity contribution is 5.33. The van der Waals surface area contributed by atoms with E-state index in [1.54, 1.807) is 14.2 Å². The molecule has 0 bridgehead atoms. The summed E-state index contributed by atoms with van der Waals surface area (Å²) in [4.78, 5) is 0. The van der Waals surface area contributed by atoms with Gasteiger partial charge >= 0.3 is 0 Å². The van der Waals surface area contributed by atoms with Crippen molar-refractivity contribution in [2.45, 2.75) is 51.7 Å². The van der Waals surface area contributed by atoms with Crippen molar-refractivity contribution in [3.63, 3.8) is 0 Å². The average molecular weight is 279 g/mol. The summed E-state index contributed by atoms with van der Waals surface area (Å²) in [6.45, 7) is 7.49. The summed E-state index contributed by atoms with van der Waals surface area (Å²) < 4.78 is 11.0. The van der Waals surface area contributed by atoms with Gasteiger partial charge < -0.3 is 14.8 Å². The number of hydrogen-bond acceptors (Lipinski definition) is 3. The summed E-state index contributed by atoms with van der Waals surface area (Å²) in [6.07, 6.45) is 3.06. The van der Waals surface area contributed by atoms with Crippen molar-refractivity contribution in [1.82, 2.24) is 5.32 Å². The monoisotopic (exact) mass is 279 g/mol. The van der Waals surface area contributed by atoms with Crippen molar-refractivity contribution >= 4 is 0 Å². The van der Waals surface area contributed by atoms with Crippen LogP contribution in [0.2, 0.25) is 0 Å². The highest BCUT2D eigenvalue weighted by Gasteiger charge is 2.23. The third kappa shape index (κ3) is 5.51. The lowest BCUT2D eigenvalue weighted by atomic mass is 9.93. The number of ether oxygens (including phenoxy) is 2. The Kier molecular flexibility index (Phi) is 7.03. The minimum absolute atomic E-state index is 0.118. The molecule has 0 saturated heterocycles. The number of rotatable bonds is 9. The topological polar surface area (TPSA) is 30.5 Å². The minimum atomic E-state index is -0.118. The fourth-order valence-corrected chi connectivity index (χ4v) is 2.38. The van der Waals surface area contributed by atoms with Gasteiger partial charge in [-0.25, -0.2) is 0 Å². The van der Waals surface area contributed by atoms with Crippen molar-refractivity contribution in [3.05, 3.63) is 29.8 Å². The van der Waals surface area contributed by atoms with Crippen LogP contribution < -0.4 is 10.1 Å². The normalized spacial score (nSPS) is 13.2. The molecule has 1 aromatic rings. The second-order valence-electron chi connectivity index (χ2n) is 5.83. The molecule has 1 rings (SSSR count). The fraction of sp³-hybridized carbons (Fsp3) is 0.647. The van der Waals surface area contributed by atoms with Crippen molar-refractivity contribution in [2.24, 2.45) is 0 Å². The summed E-state index contributed by atoms with van der Waals surface area (Å²) in [5.74, 6) is 0.964. The first kappa shape index (κ1) is 17.0. The Morgan fingerprint density at radius 2 is 1.90 bits per heavy atom. The number of nitrogens with one attached hydrogen (secondary N) is 1. The molecule has 1 aromatic carbocycles. The first-order valence-corrected chi connectivity index (χ1v) is 7.43. The molecule has 1 atom stereocenters. The second-order valence-corrected chi connectivity index (χ2v) is 5.83. The summed E-state index contributed by atoms with van der Waals surface area (Å²) in [7, 11) is 3.51. The zero-order chi connectivity index (χ0) is 15.0. The standard InChI is InChI=1S/C17H29NO2/c1-6-11-18-15(13-17(2,3)20-5)12-14-9-7-8-10-16(14)19-4/h7-10,15,18H,6,11-13H2,1-5H3. The molecule has 20 heavy (non-hydrogen) atoms. The molecule has 0 saturated carbocycles. The van der Waals surface area contributed by atoms with Gasteiger partial charge in [0.05, 0.1) is 12.7 Å². The van der Waals surface area contributed by atoms with Gasteiger partial charge in [-0.1, -0.05) is 25.1 Å². The first-order chi connectivity index (χ1) is 9.52. The lowest BCUT2D eigenvalue weighted by Gasteiger charge is -2.29. The van der Waals surface area contributed by atoms with Crippen LogP contribution in [0.15, 0.2) is 24.3 Å². The van der Waals surface area contributed by atoms with Gasteiger partial charge in [-0.15, -0.1) is 0 Å². The zero-order valence-electron chi connectivity index (χ0n) is 13.5. The third-order valence-electron chi connectivity index (χ3n) is 3.63. The van der Waals surface area contributed by atoms with Crippen LogP contribution in [0.4, 0.5) is 0 Å². The van der Waals surface area contributed by atoms with Crippen molar-refractivity contribution in [3.8, 4) is 5.75 Å². The van der Waals surface area contributed by atoms with Crippen LogP contribution in [0.5, 0.6) is 5.75 Å². The van der Waals surface area contributed by atoms with Gasteiger partial charge in [-0.3, -0.25) is 0 Å². The molecular formula is C17H29NO2. The maximum atomic E-state index is 5.57. The quantitative estimate of drug-likeness (QED) is 0.751. The summed E-state index contributed by atoms with van der Waals surface area (Å²) >= 11 is 0. The van der Waals surface area contributed by atoms with E-state index in [1.165, 1.54) is 5.56 Å². The molecule has 0 aromatic heterocycles. The first-order valence-electron chi connectivity index (χ1n) is 7.43. The van der Waals surface area contributed by atoms with Crippen LogP contribution in [0.1, 0.15) is 39.2 Å². The zero-order valence-corrected chi connectivity index (χ0v) is 13.5. The van der Waals surface area contributed by atoms with Crippen LogP contribution in [0.3, 0.4) is 0 Å². The Labute approximate surface area is 123 Å². The maximum absolute atomic E-state index is 5.57. The predicted octanol–water partition coefficient (Wildman–Crippen LogP) is 3.42. The largest absolute Gasteiger partial charge is 0.496 e. The lowest BCUT2D eigenvalue weighted by Crippen LogP contribution is -2.39. The third-order valence-corrected chi connectivity index (χ3v) is 3.63. The minimum Gasteiger partial charge on any atom is -0.496 e. The van der Waals surface area contributed by atoms with E-state index in [9.17, 15) is 0 Å². The molecule has 3 nitrogen and oxygen atoms in total. The molecule has 0 aliphatic rings. The van der Waals surface area contributed by atoms with E-state index < -0.39 is 0 Å². The van der Waals surface area contributed by atoms with Gasteiger partial charge in [0.1, 0.15) is 5.75 Å². The Balaban J connectivity index is 2.78. The van der Waals surface area contributed by atoms with Crippen molar-refractivity contribution < 1.29 is 9.47 Å².